The number of fused-ring (bicyclic) bond motifs is 1. The minimum Gasteiger partial charge on any atom is -0.496 e. The van der Waals surface area contributed by atoms with Crippen LogP contribution in [0.5, 0.6) is 11.5 Å². The Morgan fingerprint density at radius 1 is 0.882 bits per heavy atom. The summed E-state index contributed by atoms with van der Waals surface area (Å²) in [6.45, 7) is 2.36. The second-order valence-corrected chi connectivity index (χ2v) is 7.66. The van der Waals surface area contributed by atoms with Crippen molar-refractivity contribution in [2.45, 2.75) is 26.4 Å². The van der Waals surface area contributed by atoms with Crippen molar-refractivity contribution in [1.82, 2.24) is 9.13 Å². The molecule has 174 valence electrons. The number of esters is 1. The maximum absolute atomic E-state index is 12.8. The van der Waals surface area contributed by atoms with Crippen molar-refractivity contribution in [2.75, 3.05) is 12.4 Å². The summed E-state index contributed by atoms with van der Waals surface area (Å²) in [4.78, 5) is 38.0. The van der Waals surface area contributed by atoms with Gasteiger partial charge in [0, 0.05) is 12.2 Å². The predicted octanol–water partition coefficient (Wildman–Crippen LogP) is 4.08. The van der Waals surface area contributed by atoms with Gasteiger partial charge in [-0.3, -0.25) is 13.9 Å². The van der Waals surface area contributed by atoms with Crippen molar-refractivity contribution in [1.29, 1.82) is 0 Å². The van der Waals surface area contributed by atoms with E-state index in [-0.39, 0.29) is 18.1 Å². The van der Waals surface area contributed by atoms with Gasteiger partial charge in [0.15, 0.2) is 0 Å². The van der Waals surface area contributed by atoms with Crippen LogP contribution in [0.15, 0.2) is 77.6 Å². The zero-order valence-electron chi connectivity index (χ0n) is 19.0. The van der Waals surface area contributed by atoms with Gasteiger partial charge in [-0.15, -0.1) is 0 Å². The largest absolute Gasteiger partial charge is 0.496 e. The number of benzene rings is 3. The Balaban J connectivity index is 1.44. The number of methoxy groups -OCH3 is 1. The zero-order chi connectivity index (χ0) is 24.1. The molecular weight excluding hydrogens is 434 g/mol. The molecule has 8 heteroatoms. The van der Waals surface area contributed by atoms with Gasteiger partial charge in [0.25, 0.3) is 5.91 Å². The molecule has 1 N–H and O–H groups in total. The summed E-state index contributed by atoms with van der Waals surface area (Å²) in [6.07, 6.45) is 0.804. The topological polar surface area (TPSA) is 91.6 Å². The molecule has 0 bridgehead atoms. The van der Waals surface area contributed by atoms with Crippen molar-refractivity contribution < 1.29 is 19.1 Å². The van der Waals surface area contributed by atoms with Gasteiger partial charge in [0.05, 0.1) is 23.7 Å². The van der Waals surface area contributed by atoms with Gasteiger partial charge in [-0.05, 0) is 55.0 Å². The molecular formula is C26H25N3O5. The van der Waals surface area contributed by atoms with Gasteiger partial charge in [0.1, 0.15) is 18.0 Å². The first kappa shape index (κ1) is 22.8. The Kier molecular flexibility index (Phi) is 6.77. The van der Waals surface area contributed by atoms with Gasteiger partial charge in [0.2, 0.25) is 0 Å². The second-order valence-electron chi connectivity index (χ2n) is 7.66. The lowest BCUT2D eigenvalue weighted by Crippen LogP contribution is -2.28. The van der Waals surface area contributed by atoms with Crippen LogP contribution >= 0.6 is 0 Å². The first-order valence-corrected chi connectivity index (χ1v) is 10.9. The number of aryl methyl sites for hydroxylation is 1. The predicted molar refractivity (Wildman–Crippen MR) is 130 cm³/mol. The third kappa shape index (κ3) is 4.71. The van der Waals surface area contributed by atoms with E-state index in [1.54, 1.807) is 53.1 Å². The van der Waals surface area contributed by atoms with E-state index in [9.17, 15) is 14.4 Å². The Bertz CT molecular complexity index is 1390. The molecule has 0 spiro atoms. The fourth-order valence-corrected chi connectivity index (χ4v) is 3.79. The summed E-state index contributed by atoms with van der Waals surface area (Å²) in [5.74, 6) is -0.0935. The number of rotatable bonds is 8. The molecule has 0 aliphatic rings. The van der Waals surface area contributed by atoms with E-state index in [4.69, 9.17) is 9.47 Å². The van der Waals surface area contributed by atoms with Gasteiger partial charge in [-0.25, -0.2) is 9.59 Å². The van der Waals surface area contributed by atoms with E-state index in [2.05, 4.69) is 5.32 Å². The molecule has 34 heavy (non-hydrogen) atoms. The summed E-state index contributed by atoms with van der Waals surface area (Å²) in [5, 5.41) is 2.79. The van der Waals surface area contributed by atoms with Crippen LogP contribution in [0.2, 0.25) is 0 Å². The normalized spacial score (nSPS) is 10.8. The van der Waals surface area contributed by atoms with Crippen molar-refractivity contribution in [3.05, 3.63) is 88.8 Å². The monoisotopic (exact) mass is 459 g/mol. The van der Waals surface area contributed by atoms with Crippen molar-refractivity contribution in [2.24, 2.45) is 0 Å². The number of nitrogens with zero attached hydrogens (tertiary/aromatic N) is 2. The summed E-state index contributed by atoms with van der Waals surface area (Å²) in [7, 11) is 1.50. The molecule has 1 heterocycles. The number of aromatic nitrogens is 2. The maximum atomic E-state index is 12.8. The smallest absolute Gasteiger partial charge is 0.331 e. The molecule has 0 radical (unpaired) electrons. The Morgan fingerprint density at radius 2 is 1.53 bits per heavy atom. The molecule has 3 aromatic carbocycles. The second kappa shape index (κ2) is 10.1. The first-order valence-electron chi connectivity index (χ1n) is 10.9. The highest BCUT2D eigenvalue weighted by molar-refractivity contribution is 6.06. The number of carbonyl (C=O) groups excluding carboxylic acids is 2. The van der Waals surface area contributed by atoms with E-state index in [0.29, 0.717) is 34.8 Å². The minimum atomic E-state index is -0.563. The lowest BCUT2D eigenvalue weighted by atomic mass is 10.2. The van der Waals surface area contributed by atoms with Crippen molar-refractivity contribution in [3.63, 3.8) is 0 Å². The minimum absolute atomic E-state index is 0.206. The number of anilines is 1. The number of amides is 1. The highest BCUT2D eigenvalue weighted by atomic mass is 16.5. The summed E-state index contributed by atoms with van der Waals surface area (Å²) in [6, 6.07) is 20.7. The number of para-hydroxylation sites is 3. The number of hydrogen-bond donors (Lipinski definition) is 1. The Labute approximate surface area is 196 Å². The average Bonchev–Trinajstić information content (AvgIpc) is 3.11. The van der Waals surface area contributed by atoms with Gasteiger partial charge in [-0.1, -0.05) is 31.2 Å². The highest BCUT2D eigenvalue weighted by Gasteiger charge is 2.16. The number of nitrogens with one attached hydrogen (secondary N) is 1. The molecule has 0 aliphatic carbocycles. The molecule has 0 atom stereocenters. The van der Waals surface area contributed by atoms with Gasteiger partial charge < -0.3 is 14.8 Å². The standard InChI is InChI=1S/C26H25N3O5/c1-3-16-28-21-9-5-6-10-22(21)29(26(28)32)17-24(30)34-19-14-12-18(13-15-19)27-25(31)20-8-4-7-11-23(20)33-2/h4-15H,3,16-17H2,1-2H3,(H,27,31). The van der Waals surface area contributed by atoms with Gasteiger partial charge >= 0.3 is 11.7 Å². The van der Waals surface area contributed by atoms with E-state index >= 15 is 0 Å². The maximum Gasteiger partial charge on any atom is 0.331 e. The van der Waals surface area contributed by atoms with E-state index < -0.39 is 5.97 Å². The van der Waals surface area contributed by atoms with E-state index in [1.807, 2.05) is 31.2 Å². The summed E-state index contributed by atoms with van der Waals surface area (Å²) in [5.41, 5.74) is 2.18. The third-order valence-electron chi connectivity index (χ3n) is 5.36. The number of imidazole rings is 1. The summed E-state index contributed by atoms with van der Waals surface area (Å²) >= 11 is 0. The number of hydrogen-bond acceptors (Lipinski definition) is 5. The molecule has 0 unspecified atom stereocenters. The molecule has 0 fully saturated rings. The first-order chi connectivity index (χ1) is 16.5. The van der Waals surface area contributed by atoms with Crippen LogP contribution in [0.25, 0.3) is 11.0 Å². The van der Waals surface area contributed by atoms with E-state index in [0.717, 1.165) is 11.9 Å². The molecule has 0 saturated heterocycles. The van der Waals surface area contributed by atoms with Crippen LogP contribution < -0.4 is 20.5 Å². The fourth-order valence-electron chi connectivity index (χ4n) is 3.79. The summed E-state index contributed by atoms with van der Waals surface area (Å²) < 4.78 is 13.7. The molecule has 4 rings (SSSR count). The molecule has 8 nitrogen and oxygen atoms in total. The SMILES string of the molecule is CCCn1c(=O)n(CC(=O)Oc2ccc(NC(=O)c3ccccc3OC)cc2)c2ccccc21. The number of carbonyl (C=O) groups is 2. The van der Waals surface area contributed by atoms with Crippen molar-refractivity contribution >= 4 is 28.6 Å². The Morgan fingerprint density at radius 3 is 2.21 bits per heavy atom. The van der Waals surface area contributed by atoms with Crippen LogP contribution in [0, 0.1) is 0 Å². The average molecular weight is 460 g/mol. The van der Waals surface area contributed by atoms with Crippen molar-refractivity contribution in [3.8, 4) is 11.5 Å². The molecule has 1 amide bonds. The van der Waals surface area contributed by atoms with Crippen LogP contribution in [-0.4, -0.2) is 28.1 Å². The Hall–Kier alpha value is -4.33. The van der Waals surface area contributed by atoms with Crippen LogP contribution in [-0.2, 0) is 17.9 Å². The van der Waals surface area contributed by atoms with Crippen LogP contribution in [0.1, 0.15) is 23.7 Å². The zero-order valence-corrected chi connectivity index (χ0v) is 19.0. The highest BCUT2D eigenvalue weighted by Crippen LogP contribution is 2.21. The molecule has 0 saturated carbocycles. The van der Waals surface area contributed by atoms with Crippen LogP contribution in [0.4, 0.5) is 5.69 Å². The van der Waals surface area contributed by atoms with Crippen LogP contribution in [0.3, 0.4) is 0 Å². The van der Waals surface area contributed by atoms with Gasteiger partial charge in [-0.2, -0.15) is 0 Å². The van der Waals surface area contributed by atoms with E-state index in [1.165, 1.54) is 11.7 Å². The fraction of sp³-hybridized carbons (Fsp3) is 0.192. The molecule has 1 aromatic heterocycles. The number of ether oxygens (including phenoxy) is 2. The lowest BCUT2D eigenvalue weighted by Gasteiger charge is -2.10. The third-order valence-corrected chi connectivity index (χ3v) is 5.36. The quantitative estimate of drug-likeness (QED) is 0.317. The molecule has 0 aliphatic heterocycles. The molecule has 4 aromatic rings. The lowest BCUT2D eigenvalue weighted by molar-refractivity contribution is -0.135.